The average molecular weight is 198 g/mol. The van der Waals surface area contributed by atoms with Crippen molar-refractivity contribution in [1.82, 2.24) is 0 Å². The van der Waals surface area contributed by atoms with Gasteiger partial charge < -0.3 is 10.2 Å². The van der Waals surface area contributed by atoms with E-state index in [9.17, 15) is 9.90 Å². The fourth-order valence-corrected chi connectivity index (χ4v) is 3.29. The second-order valence-corrected chi connectivity index (χ2v) is 5.54. The number of carbonyl (C=O) groups is 1. The number of aliphatic carboxylic acids is 1. The van der Waals surface area contributed by atoms with E-state index in [2.05, 4.69) is 13.8 Å². The molecule has 3 saturated carbocycles. The zero-order chi connectivity index (χ0) is 10.5. The molecule has 3 fully saturated rings. The highest BCUT2D eigenvalue weighted by Crippen LogP contribution is 2.54. The molecule has 0 saturated heterocycles. The van der Waals surface area contributed by atoms with Crippen molar-refractivity contribution in [1.29, 1.82) is 0 Å². The molecule has 3 aliphatic carbocycles. The highest BCUT2D eigenvalue weighted by atomic mass is 16.4. The highest BCUT2D eigenvalue weighted by molar-refractivity contribution is 5.71. The van der Waals surface area contributed by atoms with E-state index in [0.717, 1.165) is 19.3 Å². The minimum absolute atomic E-state index is 0.0208. The standard InChI is InChI=1S/C11H18O3/c1-11(2)5-8-7(10(13)14)3-6(11)4-9(8)12/h6-9,12H,3-5H2,1-2H3,(H,13,14). The minimum atomic E-state index is -0.728. The van der Waals surface area contributed by atoms with Crippen molar-refractivity contribution in [2.24, 2.45) is 23.2 Å². The molecular weight excluding hydrogens is 180 g/mol. The molecule has 4 atom stereocenters. The molecular formula is C11H18O3. The fraction of sp³-hybridized carbons (Fsp3) is 0.909. The van der Waals surface area contributed by atoms with Crippen LogP contribution in [0.5, 0.6) is 0 Å². The second kappa shape index (κ2) is 2.96. The molecule has 0 spiro atoms. The maximum absolute atomic E-state index is 11.0. The molecule has 0 radical (unpaired) electrons. The van der Waals surface area contributed by atoms with Crippen LogP contribution in [0.4, 0.5) is 0 Å². The topological polar surface area (TPSA) is 57.5 Å². The monoisotopic (exact) mass is 198 g/mol. The first-order chi connectivity index (χ1) is 6.42. The van der Waals surface area contributed by atoms with Gasteiger partial charge in [-0.2, -0.15) is 0 Å². The summed E-state index contributed by atoms with van der Waals surface area (Å²) in [6, 6.07) is 0. The Balaban J connectivity index is 2.23. The minimum Gasteiger partial charge on any atom is -0.481 e. The van der Waals surface area contributed by atoms with E-state index in [0.29, 0.717) is 5.92 Å². The van der Waals surface area contributed by atoms with Crippen LogP contribution >= 0.6 is 0 Å². The lowest BCUT2D eigenvalue weighted by atomic mass is 9.53. The predicted octanol–water partition coefficient (Wildman–Crippen LogP) is 1.50. The Morgan fingerprint density at radius 3 is 2.50 bits per heavy atom. The van der Waals surface area contributed by atoms with E-state index in [1.54, 1.807) is 0 Å². The van der Waals surface area contributed by atoms with Crippen LogP contribution in [0.15, 0.2) is 0 Å². The molecule has 0 aromatic carbocycles. The van der Waals surface area contributed by atoms with E-state index in [-0.39, 0.29) is 23.4 Å². The van der Waals surface area contributed by atoms with Crippen molar-refractivity contribution in [2.75, 3.05) is 0 Å². The van der Waals surface area contributed by atoms with Crippen molar-refractivity contribution in [3.63, 3.8) is 0 Å². The first kappa shape index (κ1) is 9.97. The molecule has 14 heavy (non-hydrogen) atoms. The third-order valence-electron chi connectivity index (χ3n) is 4.26. The van der Waals surface area contributed by atoms with Gasteiger partial charge in [0.25, 0.3) is 0 Å². The summed E-state index contributed by atoms with van der Waals surface area (Å²) in [7, 11) is 0. The third kappa shape index (κ3) is 1.34. The molecule has 2 N–H and O–H groups in total. The molecule has 3 aliphatic rings. The molecule has 0 aromatic rings. The van der Waals surface area contributed by atoms with Gasteiger partial charge in [0.2, 0.25) is 0 Å². The number of carboxylic acids is 1. The normalized spacial score (nSPS) is 45.1. The van der Waals surface area contributed by atoms with Gasteiger partial charge in [0.15, 0.2) is 0 Å². The van der Waals surface area contributed by atoms with Crippen LogP contribution in [0, 0.1) is 23.2 Å². The Labute approximate surface area is 84.1 Å². The first-order valence-electron chi connectivity index (χ1n) is 5.32. The maximum Gasteiger partial charge on any atom is 0.306 e. The number of aliphatic hydroxyl groups is 1. The maximum atomic E-state index is 11.0. The van der Waals surface area contributed by atoms with Crippen LogP contribution in [0.3, 0.4) is 0 Å². The zero-order valence-corrected chi connectivity index (χ0v) is 8.73. The Morgan fingerprint density at radius 1 is 1.36 bits per heavy atom. The lowest BCUT2D eigenvalue weighted by molar-refractivity contribution is -0.161. The molecule has 0 aliphatic heterocycles. The van der Waals surface area contributed by atoms with E-state index in [1.807, 2.05) is 0 Å². The molecule has 3 rings (SSSR count). The van der Waals surface area contributed by atoms with Crippen molar-refractivity contribution >= 4 is 5.97 Å². The summed E-state index contributed by atoms with van der Waals surface area (Å²) in [5, 5.41) is 18.8. The first-order valence-corrected chi connectivity index (χ1v) is 5.32. The van der Waals surface area contributed by atoms with Gasteiger partial charge in [-0.05, 0) is 36.5 Å². The van der Waals surface area contributed by atoms with Gasteiger partial charge in [0.1, 0.15) is 0 Å². The quantitative estimate of drug-likeness (QED) is 0.671. The van der Waals surface area contributed by atoms with Crippen LogP contribution in [-0.2, 0) is 4.79 Å². The number of fused-ring (bicyclic) bond motifs is 3. The van der Waals surface area contributed by atoms with E-state index >= 15 is 0 Å². The van der Waals surface area contributed by atoms with Crippen LogP contribution in [0.1, 0.15) is 33.1 Å². The van der Waals surface area contributed by atoms with Crippen molar-refractivity contribution in [3.05, 3.63) is 0 Å². The van der Waals surface area contributed by atoms with E-state index in [1.165, 1.54) is 0 Å². The lowest BCUT2D eigenvalue weighted by Crippen LogP contribution is -2.51. The van der Waals surface area contributed by atoms with Gasteiger partial charge in [-0.25, -0.2) is 0 Å². The summed E-state index contributed by atoms with van der Waals surface area (Å²) < 4.78 is 0. The summed E-state index contributed by atoms with van der Waals surface area (Å²) in [5.41, 5.74) is 0.218. The summed E-state index contributed by atoms with van der Waals surface area (Å²) >= 11 is 0. The van der Waals surface area contributed by atoms with Gasteiger partial charge in [-0.3, -0.25) is 4.79 Å². The third-order valence-corrected chi connectivity index (χ3v) is 4.26. The largest absolute Gasteiger partial charge is 0.481 e. The predicted molar refractivity (Wildman–Crippen MR) is 51.7 cm³/mol. The number of hydrogen-bond donors (Lipinski definition) is 2. The molecule has 0 aromatic heterocycles. The second-order valence-electron chi connectivity index (χ2n) is 5.54. The molecule has 0 amide bonds. The molecule has 2 bridgehead atoms. The summed E-state index contributed by atoms with van der Waals surface area (Å²) in [6.07, 6.45) is 2.02. The van der Waals surface area contributed by atoms with Crippen molar-refractivity contribution in [3.8, 4) is 0 Å². The Hall–Kier alpha value is -0.570. The Bertz CT molecular complexity index is 259. The number of aliphatic hydroxyl groups excluding tert-OH is 1. The molecule has 4 unspecified atom stereocenters. The highest BCUT2D eigenvalue weighted by Gasteiger charge is 2.52. The number of hydrogen-bond acceptors (Lipinski definition) is 2. The molecule has 3 nitrogen and oxygen atoms in total. The van der Waals surface area contributed by atoms with Gasteiger partial charge in [0, 0.05) is 0 Å². The smallest absolute Gasteiger partial charge is 0.306 e. The Kier molecular flexibility index (Phi) is 2.11. The molecule has 3 heteroatoms. The van der Waals surface area contributed by atoms with Crippen LogP contribution in [-0.4, -0.2) is 22.3 Å². The van der Waals surface area contributed by atoms with E-state index < -0.39 is 5.97 Å². The summed E-state index contributed by atoms with van der Waals surface area (Å²) in [6.45, 7) is 4.38. The van der Waals surface area contributed by atoms with Crippen LogP contribution in [0.2, 0.25) is 0 Å². The van der Waals surface area contributed by atoms with Gasteiger partial charge in [-0.15, -0.1) is 0 Å². The zero-order valence-electron chi connectivity index (χ0n) is 8.73. The Morgan fingerprint density at radius 2 is 2.00 bits per heavy atom. The van der Waals surface area contributed by atoms with Crippen LogP contribution in [0.25, 0.3) is 0 Å². The van der Waals surface area contributed by atoms with Gasteiger partial charge in [-0.1, -0.05) is 13.8 Å². The van der Waals surface area contributed by atoms with Crippen LogP contribution < -0.4 is 0 Å². The van der Waals surface area contributed by atoms with Crippen molar-refractivity contribution in [2.45, 2.75) is 39.2 Å². The summed E-state index contributed by atoms with van der Waals surface area (Å²) in [4.78, 5) is 11.0. The summed E-state index contributed by atoms with van der Waals surface area (Å²) in [5.74, 6) is -0.679. The van der Waals surface area contributed by atoms with Crippen molar-refractivity contribution < 1.29 is 15.0 Å². The number of carboxylic acid groups (broad SMARTS) is 1. The average Bonchev–Trinajstić information content (AvgIpc) is 2.05. The molecule has 0 heterocycles. The lowest BCUT2D eigenvalue weighted by Gasteiger charge is -2.53. The molecule has 80 valence electrons. The fourth-order valence-electron chi connectivity index (χ4n) is 3.29. The SMILES string of the molecule is CC1(C)CC2C(O)CC1CC2C(=O)O. The van der Waals surface area contributed by atoms with Gasteiger partial charge >= 0.3 is 5.97 Å². The van der Waals surface area contributed by atoms with E-state index in [4.69, 9.17) is 5.11 Å². The number of rotatable bonds is 1. The van der Waals surface area contributed by atoms with Gasteiger partial charge in [0.05, 0.1) is 12.0 Å².